The predicted octanol–water partition coefficient (Wildman–Crippen LogP) is 2.59. The number of hydrogen-bond donors (Lipinski definition) is 1. The predicted molar refractivity (Wildman–Crippen MR) is 75.2 cm³/mol. The molecule has 1 aromatic heterocycles. The molecule has 18 heavy (non-hydrogen) atoms. The smallest absolute Gasteiger partial charge is 0.0673 e. The second-order valence-electron chi connectivity index (χ2n) is 5.30. The number of likely N-dealkylation sites (N-methyl/N-ethyl adjacent to an activating group) is 1. The van der Waals surface area contributed by atoms with Gasteiger partial charge in [-0.05, 0) is 43.9 Å². The highest BCUT2D eigenvalue weighted by molar-refractivity contribution is 5.11. The first-order valence-electron chi connectivity index (χ1n) is 7.16. The van der Waals surface area contributed by atoms with Crippen LogP contribution in [0.25, 0.3) is 0 Å². The molecule has 1 aliphatic carbocycles. The Hall–Kier alpha value is -0.930. The molecule has 100 valence electrons. The minimum atomic E-state index is 0.165. The number of rotatable bonds is 7. The van der Waals surface area contributed by atoms with E-state index >= 15 is 0 Å². The molecule has 2 rings (SSSR count). The van der Waals surface area contributed by atoms with Crippen molar-refractivity contribution in [1.82, 2.24) is 9.88 Å². The lowest BCUT2D eigenvalue weighted by Crippen LogP contribution is -2.42. The number of nitrogens with zero attached hydrogens (tertiary/aromatic N) is 2. The van der Waals surface area contributed by atoms with Crippen molar-refractivity contribution in [2.75, 3.05) is 13.1 Å². The molecule has 0 radical (unpaired) electrons. The van der Waals surface area contributed by atoms with Gasteiger partial charge in [-0.3, -0.25) is 9.88 Å². The van der Waals surface area contributed by atoms with Gasteiger partial charge in [0.2, 0.25) is 0 Å². The molecule has 0 aromatic carbocycles. The van der Waals surface area contributed by atoms with Crippen molar-refractivity contribution in [3.05, 3.63) is 30.1 Å². The highest BCUT2D eigenvalue weighted by atomic mass is 15.2. The van der Waals surface area contributed by atoms with E-state index in [1.807, 2.05) is 12.3 Å². The lowest BCUT2D eigenvalue weighted by atomic mass is 10.00. The molecule has 0 amide bonds. The number of aromatic nitrogens is 1. The summed E-state index contributed by atoms with van der Waals surface area (Å²) in [5.41, 5.74) is 7.46. The average molecular weight is 247 g/mol. The van der Waals surface area contributed by atoms with Gasteiger partial charge in [0.1, 0.15) is 0 Å². The average Bonchev–Trinajstić information content (AvgIpc) is 3.22. The Balaban J connectivity index is 2.17. The molecule has 0 spiro atoms. The first-order chi connectivity index (χ1) is 8.76. The minimum Gasteiger partial charge on any atom is -0.326 e. The van der Waals surface area contributed by atoms with Gasteiger partial charge in [-0.25, -0.2) is 0 Å². The first-order valence-corrected chi connectivity index (χ1v) is 7.16. The topological polar surface area (TPSA) is 42.1 Å². The van der Waals surface area contributed by atoms with Gasteiger partial charge in [0.05, 0.1) is 11.7 Å². The zero-order valence-corrected chi connectivity index (χ0v) is 11.5. The van der Waals surface area contributed by atoms with Crippen LogP contribution in [-0.4, -0.2) is 29.0 Å². The molecule has 3 nitrogen and oxygen atoms in total. The number of pyridine rings is 1. The van der Waals surface area contributed by atoms with Crippen LogP contribution in [0.4, 0.5) is 0 Å². The number of nitrogens with two attached hydrogens (primary N) is 1. The van der Waals surface area contributed by atoms with Crippen molar-refractivity contribution in [3.63, 3.8) is 0 Å². The Morgan fingerprint density at radius 2 is 2.17 bits per heavy atom. The van der Waals surface area contributed by atoms with E-state index in [1.165, 1.54) is 19.4 Å². The molecule has 2 atom stereocenters. The van der Waals surface area contributed by atoms with Crippen molar-refractivity contribution in [2.24, 2.45) is 11.7 Å². The van der Waals surface area contributed by atoms with Crippen molar-refractivity contribution in [1.29, 1.82) is 0 Å². The summed E-state index contributed by atoms with van der Waals surface area (Å²) in [6.45, 7) is 6.60. The van der Waals surface area contributed by atoms with Crippen LogP contribution in [0.2, 0.25) is 0 Å². The highest BCUT2D eigenvalue weighted by Crippen LogP contribution is 2.33. The molecule has 0 aliphatic heterocycles. The Morgan fingerprint density at radius 3 is 2.67 bits per heavy atom. The van der Waals surface area contributed by atoms with Gasteiger partial charge in [-0.15, -0.1) is 0 Å². The van der Waals surface area contributed by atoms with E-state index in [2.05, 4.69) is 35.9 Å². The van der Waals surface area contributed by atoms with Crippen LogP contribution in [-0.2, 0) is 0 Å². The van der Waals surface area contributed by atoms with Crippen molar-refractivity contribution in [3.8, 4) is 0 Å². The standard InChI is InChI=1S/C15H25N3/c1-3-13(16)15(14-7-5-6-10-17-14)18(4-2)11-12-8-9-12/h5-7,10,12-13,15H,3-4,8-9,11,16H2,1-2H3. The lowest BCUT2D eigenvalue weighted by molar-refractivity contribution is 0.167. The second kappa shape index (κ2) is 6.30. The zero-order chi connectivity index (χ0) is 13.0. The Bertz CT molecular complexity index is 348. The van der Waals surface area contributed by atoms with E-state index < -0.39 is 0 Å². The summed E-state index contributed by atoms with van der Waals surface area (Å²) in [5.74, 6) is 0.889. The van der Waals surface area contributed by atoms with E-state index in [0.29, 0.717) is 0 Å². The molecular formula is C15H25N3. The summed E-state index contributed by atoms with van der Waals surface area (Å²) in [7, 11) is 0. The van der Waals surface area contributed by atoms with E-state index in [-0.39, 0.29) is 12.1 Å². The molecule has 1 heterocycles. The second-order valence-corrected chi connectivity index (χ2v) is 5.30. The fraction of sp³-hybridized carbons (Fsp3) is 0.667. The van der Waals surface area contributed by atoms with Crippen LogP contribution in [0, 0.1) is 5.92 Å². The van der Waals surface area contributed by atoms with Crippen LogP contribution >= 0.6 is 0 Å². The van der Waals surface area contributed by atoms with Crippen LogP contribution in [0.15, 0.2) is 24.4 Å². The van der Waals surface area contributed by atoms with Crippen LogP contribution in [0.3, 0.4) is 0 Å². The third kappa shape index (κ3) is 3.30. The van der Waals surface area contributed by atoms with Crippen LogP contribution < -0.4 is 5.73 Å². The molecular weight excluding hydrogens is 222 g/mol. The third-order valence-electron chi connectivity index (χ3n) is 3.86. The highest BCUT2D eigenvalue weighted by Gasteiger charge is 2.31. The maximum atomic E-state index is 6.34. The molecule has 0 bridgehead atoms. The maximum absolute atomic E-state index is 6.34. The van der Waals surface area contributed by atoms with Gasteiger partial charge in [0.25, 0.3) is 0 Å². The molecule has 1 fully saturated rings. The van der Waals surface area contributed by atoms with E-state index in [1.54, 1.807) is 0 Å². The van der Waals surface area contributed by atoms with Crippen molar-refractivity contribution in [2.45, 2.75) is 45.2 Å². The Kier molecular flexibility index (Phi) is 4.72. The van der Waals surface area contributed by atoms with Gasteiger partial charge in [0, 0.05) is 18.8 Å². The zero-order valence-electron chi connectivity index (χ0n) is 11.5. The van der Waals surface area contributed by atoms with Gasteiger partial charge in [-0.1, -0.05) is 19.9 Å². The fourth-order valence-corrected chi connectivity index (χ4v) is 2.52. The van der Waals surface area contributed by atoms with Crippen molar-refractivity contribution >= 4 is 0 Å². The Morgan fingerprint density at radius 1 is 1.39 bits per heavy atom. The Labute approximate surface area is 110 Å². The van der Waals surface area contributed by atoms with Crippen molar-refractivity contribution < 1.29 is 0 Å². The monoisotopic (exact) mass is 247 g/mol. The summed E-state index contributed by atoms with van der Waals surface area (Å²) in [4.78, 5) is 7.03. The molecule has 1 saturated carbocycles. The molecule has 1 aliphatic rings. The van der Waals surface area contributed by atoms with Gasteiger partial charge in [0.15, 0.2) is 0 Å². The van der Waals surface area contributed by atoms with E-state index in [9.17, 15) is 0 Å². The maximum Gasteiger partial charge on any atom is 0.0673 e. The summed E-state index contributed by atoms with van der Waals surface area (Å²) in [6, 6.07) is 6.56. The third-order valence-corrected chi connectivity index (χ3v) is 3.86. The fourth-order valence-electron chi connectivity index (χ4n) is 2.52. The summed E-state index contributed by atoms with van der Waals surface area (Å²) in [5, 5.41) is 0. The lowest BCUT2D eigenvalue weighted by Gasteiger charge is -2.34. The van der Waals surface area contributed by atoms with Gasteiger partial charge >= 0.3 is 0 Å². The molecule has 1 aromatic rings. The van der Waals surface area contributed by atoms with Crippen LogP contribution in [0.5, 0.6) is 0 Å². The van der Waals surface area contributed by atoms with E-state index in [0.717, 1.165) is 24.6 Å². The normalized spacial score (nSPS) is 18.9. The van der Waals surface area contributed by atoms with Crippen LogP contribution in [0.1, 0.15) is 44.8 Å². The quantitative estimate of drug-likeness (QED) is 0.805. The summed E-state index contributed by atoms with van der Waals surface area (Å²) in [6.07, 6.45) is 5.62. The SMILES string of the molecule is CCC(N)C(c1ccccn1)N(CC)CC1CC1. The number of hydrogen-bond acceptors (Lipinski definition) is 3. The first kappa shape index (κ1) is 13.5. The summed E-state index contributed by atoms with van der Waals surface area (Å²) >= 11 is 0. The summed E-state index contributed by atoms with van der Waals surface area (Å²) < 4.78 is 0. The molecule has 2 unspecified atom stereocenters. The minimum absolute atomic E-state index is 0.165. The van der Waals surface area contributed by atoms with Gasteiger partial charge < -0.3 is 5.73 Å². The molecule has 3 heteroatoms. The molecule has 2 N–H and O–H groups in total. The molecule has 0 saturated heterocycles. The van der Waals surface area contributed by atoms with Gasteiger partial charge in [-0.2, -0.15) is 0 Å². The van der Waals surface area contributed by atoms with E-state index in [4.69, 9.17) is 5.73 Å². The largest absolute Gasteiger partial charge is 0.326 e.